The van der Waals surface area contributed by atoms with Crippen LogP contribution in [0.1, 0.15) is 40.8 Å². The SMILES string of the molecule is Cc1cc(N2CCOCC2)nc(C2CCN(C(=O)c3ccc(=O)n(C)n3)CC2)n1. The van der Waals surface area contributed by atoms with Gasteiger partial charge in [0.15, 0.2) is 0 Å². The Morgan fingerprint density at radius 1 is 1.10 bits per heavy atom. The van der Waals surface area contributed by atoms with Crippen molar-refractivity contribution in [3.8, 4) is 0 Å². The first-order valence-electron chi connectivity index (χ1n) is 10.0. The first-order valence-corrected chi connectivity index (χ1v) is 10.0. The third kappa shape index (κ3) is 4.29. The lowest BCUT2D eigenvalue weighted by Crippen LogP contribution is -2.40. The minimum Gasteiger partial charge on any atom is -0.378 e. The Labute approximate surface area is 169 Å². The van der Waals surface area contributed by atoms with Crippen LogP contribution >= 0.6 is 0 Å². The van der Waals surface area contributed by atoms with Crippen LogP contribution in [0.15, 0.2) is 23.0 Å². The number of carbonyl (C=O) groups is 1. The molecule has 2 aliphatic heterocycles. The third-order valence-corrected chi connectivity index (χ3v) is 5.52. The number of aryl methyl sites for hydroxylation is 2. The van der Waals surface area contributed by atoms with Crippen molar-refractivity contribution in [1.82, 2.24) is 24.6 Å². The van der Waals surface area contributed by atoms with Gasteiger partial charge >= 0.3 is 0 Å². The summed E-state index contributed by atoms with van der Waals surface area (Å²) in [5, 5.41) is 4.07. The summed E-state index contributed by atoms with van der Waals surface area (Å²) < 4.78 is 6.62. The largest absolute Gasteiger partial charge is 0.378 e. The van der Waals surface area contributed by atoms with E-state index in [1.165, 1.54) is 16.8 Å². The number of amides is 1. The van der Waals surface area contributed by atoms with Crippen LogP contribution in [-0.4, -0.2) is 69.9 Å². The predicted octanol–water partition coefficient (Wildman–Crippen LogP) is 0.735. The molecule has 0 atom stereocenters. The molecule has 1 amide bonds. The maximum absolute atomic E-state index is 12.7. The normalized spacial score (nSPS) is 18.1. The van der Waals surface area contributed by atoms with E-state index in [1.54, 1.807) is 11.9 Å². The van der Waals surface area contributed by atoms with Gasteiger partial charge in [0.25, 0.3) is 11.5 Å². The molecule has 0 aromatic carbocycles. The van der Waals surface area contributed by atoms with Gasteiger partial charge in [0.05, 0.1) is 13.2 Å². The Hall–Kier alpha value is -2.81. The molecule has 4 rings (SSSR count). The van der Waals surface area contributed by atoms with Crippen molar-refractivity contribution >= 4 is 11.7 Å². The highest BCUT2D eigenvalue weighted by Gasteiger charge is 2.28. The van der Waals surface area contributed by atoms with E-state index in [1.807, 2.05) is 13.0 Å². The number of rotatable bonds is 3. The number of piperidine rings is 1. The fraction of sp³-hybridized carbons (Fsp3) is 0.550. The highest BCUT2D eigenvalue weighted by molar-refractivity contribution is 5.92. The zero-order valence-corrected chi connectivity index (χ0v) is 16.9. The molecule has 2 aromatic rings. The van der Waals surface area contributed by atoms with Crippen molar-refractivity contribution in [3.63, 3.8) is 0 Å². The van der Waals surface area contributed by atoms with E-state index in [4.69, 9.17) is 9.72 Å². The maximum atomic E-state index is 12.7. The van der Waals surface area contributed by atoms with Gasteiger partial charge in [0, 0.05) is 57.0 Å². The van der Waals surface area contributed by atoms with Gasteiger partial charge in [0.2, 0.25) is 0 Å². The molecule has 0 aliphatic carbocycles. The molecular weight excluding hydrogens is 372 g/mol. The molecule has 0 N–H and O–H groups in total. The number of likely N-dealkylation sites (tertiary alicyclic amines) is 1. The van der Waals surface area contributed by atoms with Crippen LogP contribution in [0.25, 0.3) is 0 Å². The summed E-state index contributed by atoms with van der Waals surface area (Å²) in [6.45, 7) is 6.37. The number of hydrogen-bond acceptors (Lipinski definition) is 7. The fourth-order valence-corrected chi connectivity index (χ4v) is 3.83. The standard InChI is InChI=1S/C20H26N6O3/c1-14-13-17(25-9-11-29-12-10-25)22-19(21-14)15-5-7-26(8-6-15)20(28)16-3-4-18(27)24(2)23-16/h3-4,13,15H,5-12H2,1-2H3. The number of morpholine rings is 1. The van der Waals surface area contributed by atoms with Crippen molar-refractivity contribution in [2.24, 2.45) is 7.05 Å². The molecule has 0 bridgehead atoms. The van der Waals surface area contributed by atoms with Crippen molar-refractivity contribution in [1.29, 1.82) is 0 Å². The fourth-order valence-electron chi connectivity index (χ4n) is 3.83. The summed E-state index contributed by atoms with van der Waals surface area (Å²) in [7, 11) is 1.55. The molecule has 154 valence electrons. The summed E-state index contributed by atoms with van der Waals surface area (Å²) in [6, 6.07) is 4.90. The maximum Gasteiger partial charge on any atom is 0.274 e. The molecule has 9 nitrogen and oxygen atoms in total. The highest BCUT2D eigenvalue weighted by Crippen LogP contribution is 2.28. The van der Waals surface area contributed by atoms with Crippen LogP contribution < -0.4 is 10.5 Å². The summed E-state index contributed by atoms with van der Waals surface area (Å²) in [5.41, 5.74) is 1.03. The minimum absolute atomic E-state index is 0.141. The number of aromatic nitrogens is 4. The van der Waals surface area contributed by atoms with Gasteiger partial charge in [-0.25, -0.2) is 14.6 Å². The molecular formula is C20H26N6O3. The lowest BCUT2D eigenvalue weighted by molar-refractivity contribution is 0.0702. The van der Waals surface area contributed by atoms with Crippen LogP contribution in [0, 0.1) is 6.92 Å². The second kappa shape index (κ2) is 8.28. The summed E-state index contributed by atoms with van der Waals surface area (Å²) in [6.07, 6.45) is 1.62. The van der Waals surface area contributed by atoms with Gasteiger partial charge in [-0.1, -0.05) is 0 Å². The lowest BCUT2D eigenvalue weighted by atomic mass is 9.95. The van der Waals surface area contributed by atoms with E-state index in [0.29, 0.717) is 18.8 Å². The molecule has 0 spiro atoms. The average Bonchev–Trinajstić information content (AvgIpc) is 2.75. The molecule has 9 heteroatoms. The van der Waals surface area contributed by atoms with Crippen molar-refractivity contribution < 1.29 is 9.53 Å². The molecule has 2 aromatic heterocycles. The molecule has 2 fully saturated rings. The van der Waals surface area contributed by atoms with Crippen LogP contribution in [0.4, 0.5) is 5.82 Å². The zero-order chi connectivity index (χ0) is 20.4. The Balaban J connectivity index is 1.44. The highest BCUT2D eigenvalue weighted by atomic mass is 16.5. The van der Waals surface area contributed by atoms with E-state index in [-0.39, 0.29) is 17.4 Å². The second-order valence-corrected chi connectivity index (χ2v) is 7.57. The van der Waals surface area contributed by atoms with Crippen LogP contribution in [0.5, 0.6) is 0 Å². The minimum atomic E-state index is -0.229. The van der Waals surface area contributed by atoms with Gasteiger partial charge in [-0.05, 0) is 25.8 Å². The van der Waals surface area contributed by atoms with E-state index >= 15 is 0 Å². The van der Waals surface area contributed by atoms with Crippen LogP contribution in [0.2, 0.25) is 0 Å². The van der Waals surface area contributed by atoms with E-state index < -0.39 is 0 Å². The topological polar surface area (TPSA) is 93.5 Å². The average molecular weight is 398 g/mol. The van der Waals surface area contributed by atoms with E-state index in [9.17, 15) is 9.59 Å². The number of anilines is 1. The summed E-state index contributed by atoms with van der Waals surface area (Å²) in [5.74, 6) is 1.91. The van der Waals surface area contributed by atoms with Crippen LogP contribution in [0.3, 0.4) is 0 Å². The van der Waals surface area contributed by atoms with Crippen molar-refractivity contribution in [3.05, 3.63) is 45.8 Å². The molecule has 0 unspecified atom stereocenters. The molecule has 4 heterocycles. The van der Waals surface area contributed by atoms with Gasteiger partial charge in [-0.3, -0.25) is 9.59 Å². The van der Waals surface area contributed by atoms with Crippen molar-refractivity contribution in [2.75, 3.05) is 44.3 Å². The molecule has 0 saturated carbocycles. The smallest absolute Gasteiger partial charge is 0.274 e. The van der Waals surface area contributed by atoms with E-state index in [2.05, 4.69) is 15.0 Å². The number of carbonyl (C=O) groups excluding carboxylic acids is 1. The van der Waals surface area contributed by atoms with Gasteiger partial charge < -0.3 is 14.5 Å². The second-order valence-electron chi connectivity index (χ2n) is 7.57. The van der Waals surface area contributed by atoms with Crippen molar-refractivity contribution in [2.45, 2.75) is 25.7 Å². The summed E-state index contributed by atoms with van der Waals surface area (Å²) >= 11 is 0. The first-order chi connectivity index (χ1) is 14.0. The molecule has 2 saturated heterocycles. The number of ether oxygens (including phenoxy) is 1. The Kier molecular flexibility index (Phi) is 5.57. The monoisotopic (exact) mass is 398 g/mol. The molecule has 29 heavy (non-hydrogen) atoms. The summed E-state index contributed by atoms with van der Waals surface area (Å²) in [4.78, 5) is 37.8. The van der Waals surface area contributed by atoms with Gasteiger partial charge in [-0.2, -0.15) is 5.10 Å². The lowest BCUT2D eigenvalue weighted by Gasteiger charge is -2.32. The van der Waals surface area contributed by atoms with Gasteiger partial charge in [-0.15, -0.1) is 0 Å². The first kappa shape index (κ1) is 19.5. The van der Waals surface area contributed by atoms with Gasteiger partial charge in [0.1, 0.15) is 17.3 Å². The molecule has 2 aliphatic rings. The quantitative estimate of drug-likeness (QED) is 0.753. The predicted molar refractivity (Wildman–Crippen MR) is 107 cm³/mol. The number of nitrogens with zero attached hydrogens (tertiary/aromatic N) is 6. The Morgan fingerprint density at radius 3 is 2.52 bits per heavy atom. The Bertz CT molecular complexity index is 945. The Morgan fingerprint density at radius 2 is 1.83 bits per heavy atom. The third-order valence-electron chi connectivity index (χ3n) is 5.52. The van der Waals surface area contributed by atoms with E-state index in [0.717, 1.165) is 56.5 Å². The zero-order valence-electron chi connectivity index (χ0n) is 16.9. The number of hydrogen-bond donors (Lipinski definition) is 0. The molecule has 0 radical (unpaired) electrons. The van der Waals surface area contributed by atoms with Crippen LogP contribution in [-0.2, 0) is 11.8 Å².